The monoisotopic (exact) mass is 429 g/mol. The third-order valence-electron chi connectivity index (χ3n) is 5.48. The molecule has 3 aromatic rings. The predicted molar refractivity (Wildman–Crippen MR) is 116 cm³/mol. The van der Waals surface area contributed by atoms with Gasteiger partial charge in [0.2, 0.25) is 10.0 Å². The molecule has 0 unspecified atom stereocenters. The number of urea groups is 1. The summed E-state index contributed by atoms with van der Waals surface area (Å²) in [4.78, 5) is 24.7. The van der Waals surface area contributed by atoms with Gasteiger partial charge in [0, 0.05) is 38.6 Å². The first-order chi connectivity index (χ1) is 14.1. The Morgan fingerprint density at radius 1 is 1.03 bits per heavy atom. The minimum Gasteiger partial charge on any atom is -0.308 e. The van der Waals surface area contributed by atoms with Crippen molar-refractivity contribution < 1.29 is 13.2 Å². The molecule has 0 saturated heterocycles. The molecule has 0 spiro atoms. The Labute approximate surface area is 174 Å². The molecule has 0 saturated carbocycles. The molecule has 2 amide bonds. The quantitative estimate of drug-likeness (QED) is 0.663. The molecule has 2 heterocycles. The molecule has 158 valence electrons. The van der Waals surface area contributed by atoms with Crippen LogP contribution in [0.15, 0.2) is 41.2 Å². The normalized spacial score (nSPS) is 14.5. The number of carbonyl (C=O) groups excluding carboxylic acids is 1. The Balaban J connectivity index is 1.54. The van der Waals surface area contributed by atoms with E-state index < -0.39 is 16.1 Å². The first kappa shape index (κ1) is 20.2. The molecule has 1 aromatic heterocycles. The fraction of sp³-hybridized carbons (Fsp3) is 0.300. The van der Waals surface area contributed by atoms with Crippen molar-refractivity contribution in [2.24, 2.45) is 14.1 Å². The summed E-state index contributed by atoms with van der Waals surface area (Å²) in [5, 5.41) is 5.66. The van der Waals surface area contributed by atoms with Gasteiger partial charge in [-0.3, -0.25) is 9.13 Å². The van der Waals surface area contributed by atoms with Crippen molar-refractivity contribution in [2.45, 2.75) is 13.0 Å². The highest BCUT2D eigenvalue weighted by Gasteiger charge is 2.25. The predicted octanol–water partition coefficient (Wildman–Crippen LogP) is 1.84. The second kappa shape index (κ2) is 7.29. The lowest BCUT2D eigenvalue weighted by molar-refractivity contribution is 0.262. The van der Waals surface area contributed by atoms with E-state index in [1.165, 1.54) is 15.1 Å². The summed E-state index contributed by atoms with van der Waals surface area (Å²) in [6.07, 6.45) is 1.73. The standard InChI is InChI=1S/C20H23N5O4S/c1-23-17-8-7-14(11-18(17)24(2)20(23)27)21-19(26)22-16-6-4-5-13-12-25(30(3,28)29)10-9-15(13)16/h4-8,11H,9-10,12H2,1-3H3,(H2,21,22,26). The van der Waals surface area contributed by atoms with Crippen LogP contribution in [0.2, 0.25) is 0 Å². The van der Waals surface area contributed by atoms with E-state index >= 15 is 0 Å². The molecule has 0 bridgehead atoms. The van der Waals surface area contributed by atoms with Gasteiger partial charge in [0.25, 0.3) is 0 Å². The van der Waals surface area contributed by atoms with Crippen LogP contribution in [-0.2, 0) is 37.1 Å². The van der Waals surface area contributed by atoms with E-state index in [4.69, 9.17) is 0 Å². The van der Waals surface area contributed by atoms with Gasteiger partial charge in [-0.15, -0.1) is 0 Å². The molecule has 10 heteroatoms. The van der Waals surface area contributed by atoms with Gasteiger partial charge in [-0.05, 0) is 41.8 Å². The highest BCUT2D eigenvalue weighted by Crippen LogP contribution is 2.27. The molecule has 0 radical (unpaired) electrons. The number of aryl methyl sites for hydroxylation is 2. The van der Waals surface area contributed by atoms with Gasteiger partial charge in [0.15, 0.2) is 0 Å². The lowest BCUT2D eigenvalue weighted by Crippen LogP contribution is -2.35. The van der Waals surface area contributed by atoms with Crippen LogP contribution >= 0.6 is 0 Å². The smallest absolute Gasteiger partial charge is 0.308 e. The second-order valence-electron chi connectivity index (χ2n) is 7.47. The highest BCUT2D eigenvalue weighted by atomic mass is 32.2. The van der Waals surface area contributed by atoms with Crippen LogP contribution in [0.5, 0.6) is 0 Å². The Kier molecular flexibility index (Phi) is 4.91. The highest BCUT2D eigenvalue weighted by molar-refractivity contribution is 7.88. The number of hydrogen-bond donors (Lipinski definition) is 2. The molecule has 2 aromatic carbocycles. The zero-order valence-corrected chi connectivity index (χ0v) is 17.8. The zero-order chi connectivity index (χ0) is 21.6. The van der Waals surface area contributed by atoms with Gasteiger partial charge in [0.05, 0.1) is 17.3 Å². The number of carbonyl (C=O) groups is 1. The zero-order valence-electron chi connectivity index (χ0n) is 17.0. The van der Waals surface area contributed by atoms with E-state index in [9.17, 15) is 18.0 Å². The molecule has 0 aliphatic carbocycles. The summed E-state index contributed by atoms with van der Waals surface area (Å²) in [7, 11) is 0.127. The topological polar surface area (TPSA) is 105 Å². The van der Waals surface area contributed by atoms with Crippen LogP contribution in [0, 0.1) is 0 Å². The lowest BCUT2D eigenvalue weighted by Gasteiger charge is -2.28. The molecule has 1 aliphatic heterocycles. The second-order valence-corrected chi connectivity index (χ2v) is 9.46. The van der Waals surface area contributed by atoms with Crippen molar-refractivity contribution in [3.63, 3.8) is 0 Å². The third kappa shape index (κ3) is 3.59. The Morgan fingerprint density at radius 2 is 1.77 bits per heavy atom. The number of nitrogens with one attached hydrogen (secondary N) is 2. The number of nitrogens with zero attached hydrogens (tertiary/aromatic N) is 3. The first-order valence-electron chi connectivity index (χ1n) is 9.44. The minimum atomic E-state index is -3.26. The Morgan fingerprint density at radius 3 is 2.50 bits per heavy atom. The summed E-state index contributed by atoms with van der Waals surface area (Å²) in [5.41, 5.74) is 4.41. The lowest BCUT2D eigenvalue weighted by atomic mass is 9.99. The maximum atomic E-state index is 12.6. The van der Waals surface area contributed by atoms with Crippen LogP contribution in [0.3, 0.4) is 0 Å². The number of fused-ring (bicyclic) bond motifs is 2. The number of sulfonamides is 1. The minimum absolute atomic E-state index is 0.134. The van der Waals surface area contributed by atoms with Gasteiger partial charge < -0.3 is 10.6 Å². The molecule has 9 nitrogen and oxygen atoms in total. The number of hydrogen-bond acceptors (Lipinski definition) is 4. The summed E-state index contributed by atoms with van der Waals surface area (Å²) >= 11 is 0. The van der Waals surface area contributed by atoms with Crippen molar-refractivity contribution in [3.8, 4) is 0 Å². The molecule has 1 aliphatic rings. The van der Waals surface area contributed by atoms with E-state index in [2.05, 4.69) is 10.6 Å². The van der Waals surface area contributed by atoms with Crippen molar-refractivity contribution in [1.82, 2.24) is 13.4 Å². The molecule has 0 fully saturated rings. The van der Waals surface area contributed by atoms with Crippen molar-refractivity contribution in [2.75, 3.05) is 23.4 Å². The largest absolute Gasteiger partial charge is 0.328 e. The average molecular weight is 430 g/mol. The van der Waals surface area contributed by atoms with Crippen molar-refractivity contribution in [3.05, 3.63) is 58.0 Å². The van der Waals surface area contributed by atoms with E-state index in [1.807, 2.05) is 6.07 Å². The number of imidazole rings is 1. The van der Waals surface area contributed by atoms with Gasteiger partial charge in [0.1, 0.15) is 0 Å². The van der Waals surface area contributed by atoms with Crippen molar-refractivity contribution in [1.29, 1.82) is 0 Å². The molecular formula is C20H23N5O4S. The number of amides is 2. The molecule has 4 rings (SSSR count). The van der Waals surface area contributed by atoms with Crippen LogP contribution in [0.25, 0.3) is 11.0 Å². The van der Waals surface area contributed by atoms with E-state index in [0.29, 0.717) is 30.9 Å². The molecular weight excluding hydrogens is 406 g/mol. The number of aromatic nitrogens is 2. The average Bonchev–Trinajstić information content (AvgIpc) is 2.91. The summed E-state index contributed by atoms with van der Waals surface area (Å²) in [6, 6.07) is 10.3. The SMILES string of the molecule is Cn1c(=O)n(C)c2cc(NC(=O)Nc3cccc4c3CCN(S(C)(=O)=O)C4)ccc21. The summed E-state index contributed by atoms with van der Waals surface area (Å²) < 4.78 is 28.2. The number of benzene rings is 2. The summed E-state index contributed by atoms with van der Waals surface area (Å²) in [6.45, 7) is 0.675. The van der Waals surface area contributed by atoms with Gasteiger partial charge >= 0.3 is 11.7 Å². The van der Waals surface area contributed by atoms with Gasteiger partial charge in [-0.1, -0.05) is 12.1 Å². The first-order valence-corrected chi connectivity index (χ1v) is 11.3. The van der Waals surface area contributed by atoms with Gasteiger partial charge in [-0.25, -0.2) is 18.0 Å². The van der Waals surface area contributed by atoms with Crippen molar-refractivity contribution >= 4 is 38.5 Å². The maximum absolute atomic E-state index is 12.6. The van der Waals surface area contributed by atoms with Crippen LogP contribution < -0.4 is 16.3 Å². The third-order valence-corrected chi connectivity index (χ3v) is 6.73. The van der Waals surface area contributed by atoms with Gasteiger partial charge in [-0.2, -0.15) is 4.31 Å². The van der Waals surface area contributed by atoms with E-state index in [-0.39, 0.29) is 5.69 Å². The Hall–Kier alpha value is -3.11. The van der Waals surface area contributed by atoms with Crippen LogP contribution in [0.4, 0.5) is 16.2 Å². The maximum Gasteiger partial charge on any atom is 0.328 e. The number of anilines is 2. The number of rotatable bonds is 3. The van der Waals surface area contributed by atoms with E-state index in [1.54, 1.807) is 49.0 Å². The summed E-state index contributed by atoms with van der Waals surface area (Å²) in [5.74, 6) is 0. The Bertz CT molecular complexity index is 1320. The molecule has 0 atom stereocenters. The van der Waals surface area contributed by atoms with Crippen LogP contribution in [-0.4, -0.2) is 40.7 Å². The fourth-order valence-electron chi connectivity index (χ4n) is 3.85. The molecule has 30 heavy (non-hydrogen) atoms. The molecule has 2 N–H and O–H groups in total. The van der Waals surface area contributed by atoms with Crippen LogP contribution in [0.1, 0.15) is 11.1 Å². The fourth-order valence-corrected chi connectivity index (χ4v) is 4.65. The van der Waals surface area contributed by atoms with E-state index in [0.717, 1.165) is 22.2 Å².